The molecule has 3 N–H and O–H groups in total. The number of amides is 1. The molecular weight excluding hydrogens is 364 g/mol. The van der Waals surface area contributed by atoms with Crippen molar-refractivity contribution in [1.29, 1.82) is 0 Å². The second kappa shape index (κ2) is 8.86. The van der Waals surface area contributed by atoms with Crippen molar-refractivity contribution in [2.45, 2.75) is 25.4 Å². The number of rotatable bonds is 6. The molecule has 0 radical (unpaired) electrons. The van der Waals surface area contributed by atoms with Gasteiger partial charge >= 0.3 is 0 Å². The van der Waals surface area contributed by atoms with Crippen LogP contribution in [0, 0.1) is 0 Å². The number of benzene rings is 3. The molecule has 0 saturated carbocycles. The molecule has 1 saturated heterocycles. The molecule has 1 aliphatic heterocycles. The van der Waals surface area contributed by atoms with E-state index in [1.54, 1.807) is 6.21 Å². The molecule has 148 valence electrons. The van der Waals surface area contributed by atoms with Crippen molar-refractivity contribution in [1.82, 2.24) is 16.3 Å². The summed E-state index contributed by atoms with van der Waals surface area (Å²) in [7, 11) is 0. The maximum absolute atomic E-state index is 12.4. The van der Waals surface area contributed by atoms with E-state index in [0.717, 1.165) is 16.9 Å². The van der Waals surface area contributed by atoms with Crippen LogP contribution in [-0.2, 0) is 4.79 Å². The number of ether oxygens (including phenoxy) is 1. The number of hydrazone groups is 1. The van der Waals surface area contributed by atoms with Gasteiger partial charge in [0.15, 0.2) is 0 Å². The predicted octanol–water partition coefficient (Wildman–Crippen LogP) is 3.30. The van der Waals surface area contributed by atoms with Gasteiger partial charge in [0.1, 0.15) is 11.8 Å². The summed E-state index contributed by atoms with van der Waals surface area (Å²) < 4.78 is 5.41. The molecule has 0 aliphatic carbocycles. The Morgan fingerprint density at radius 1 is 1.10 bits per heavy atom. The first-order chi connectivity index (χ1) is 14.2. The van der Waals surface area contributed by atoms with Gasteiger partial charge in [-0.25, -0.2) is 16.3 Å². The highest BCUT2D eigenvalue weighted by Gasteiger charge is 2.30. The van der Waals surface area contributed by atoms with Crippen LogP contribution in [0.5, 0.6) is 5.75 Å². The van der Waals surface area contributed by atoms with Crippen LogP contribution in [0.25, 0.3) is 10.8 Å². The number of carbonyl (C=O) groups is 1. The first-order valence-corrected chi connectivity index (χ1v) is 9.78. The number of hydrogen-bond acceptors (Lipinski definition) is 5. The Hall–Kier alpha value is -3.22. The Kier molecular flexibility index (Phi) is 5.84. The van der Waals surface area contributed by atoms with E-state index in [-0.39, 0.29) is 18.0 Å². The second-order valence-corrected chi connectivity index (χ2v) is 6.97. The van der Waals surface area contributed by atoms with E-state index in [4.69, 9.17) is 4.74 Å². The number of nitrogens with one attached hydrogen (secondary N) is 3. The van der Waals surface area contributed by atoms with Crippen LogP contribution >= 0.6 is 0 Å². The molecule has 3 aromatic carbocycles. The third kappa shape index (κ3) is 4.62. The molecular formula is C23H24N4O2. The summed E-state index contributed by atoms with van der Waals surface area (Å²) >= 11 is 0. The van der Waals surface area contributed by atoms with Gasteiger partial charge in [-0.15, -0.1) is 0 Å². The highest BCUT2D eigenvalue weighted by Crippen LogP contribution is 2.25. The standard InChI is InChI=1S/C23H24N4O2/c1-2-29-20-11-7-16(8-12-20)15-24-27-23(28)22-14-21(25-26-22)19-10-9-17-5-3-4-6-18(17)13-19/h3-13,15,21-22,25-26H,2,14H2,1H3,(H,27,28)/b24-15+. The monoisotopic (exact) mass is 388 g/mol. The third-order valence-electron chi connectivity index (χ3n) is 4.98. The molecule has 29 heavy (non-hydrogen) atoms. The SMILES string of the molecule is CCOc1ccc(/C=N/NC(=O)C2CC(c3ccc4ccccc4c3)NN2)cc1. The van der Waals surface area contributed by atoms with Crippen LogP contribution in [0.4, 0.5) is 0 Å². The van der Waals surface area contributed by atoms with E-state index in [1.165, 1.54) is 10.8 Å². The number of hydrogen-bond donors (Lipinski definition) is 3. The molecule has 2 unspecified atom stereocenters. The molecule has 1 heterocycles. The van der Waals surface area contributed by atoms with Gasteiger partial charge in [-0.1, -0.05) is 36.4 Å². The van der Waals surface area contributed by atoms with Crippen molar-refractivity contribution in [2.75, 3.05) is 6.61 Å². The van der Waals surface area contributed by atoms with E-state index in [9.17, 15) is 4.79 Å². The van der Waals surface area contributed by atoms with Crippen LogP contribution < -0.4 is 21.0 Å². The van der Waals surface area contributed by atoms with Gasteiger partial charge in [-0.2, -0.15) is 5.10 Å². The molecule has 0 aromatic heterocycles. The predicted molar refractivity (Wildman–Crippen MR) is 115 cm³/mol. The van der Waals surface area contributed by atoms with E-state index >= 15 is 0 Å². The van der Waals surface area contributed by atoms with Gasteiger partial charge in [0.05, 0.1) is 12.8 Å². The topological polar surface area (TPSA) is 74.8 Å². The Morgan fingerprint density at radius 3 is 2.69 bits per heavy atom. The average molecular weight is 388 g/mol. The molecule has 1 aliphatic rings. The Morgan fingerprint density at radius 2 is 1.90 bits per heavy atom. The number of fused-ring (bicyclic) bond motifs is 1. The zero-order chi connectivity index (χ0) is 20.1. The van der Waals surface area contributed by atoms with Crippen molar-refractivity contribution < 1.29 is 9.53 Å². The van der Waals surface area contributed by atoms with E-state index in [2.05, 4.69) is 51.7 Å². The van der Waals surface area contributed by atoms with Gasteiger partial charge in [0, 0.05) is 6.04 Å². The summed E-state index contributed by atoms with van der Waals surface area (Å²) in [6, 6.07) is 21.9. The summed E-state index contributed by atoms with van der Waals surface area (Å²) in [6.07, 6.45) is 2.28. The molecule has 3 aromatic rings. The van der Waals surface area contributed by atoms with Gasteiger partial charge < -0.3 is 4.74 Å². The summed E-state index contributed by atoms with van der Waals surface area (Å²) in [5, 5.41) is 6.47. The molecule has 1 fully saturated rings. The van der Waals surface area contributed by atoms with Crippen LogP contribution in [0.1, 0.15) is 30.5 Å². The minimum Gasteiger partial charge on any atom is -0.494 e. The highest BCUT2D eigenvalue weighted by molar-refractivity contribution is 5.85. The first kappa shape index (κ1) is 19.1. The Balaban J connectivity index is 1.32. The maximum Gasteiger partial charge on any atom is 0.258 e. The fourth-order valence-electron chi connectivity index (χ4n) is 3.44. The van der Waals surface area contributed by atoms with Crippen molar-refractivity contribution in [3.63, 3.8) is 0 Å². The maximum atomic E-state index is 12.4. The molecule has 2 atom stereocenters. The lowest BCUT2D eigenvalue weighted by atomic mass is 9.99. The lowest BCUT2D eigenvalue weighted by molar-refractivity contribution is -0.122. The van der Waals surface area contributed by atoms with Crippen LogP contribution in [0.3, 0.4) is 0 Å². The highest BCUT2D eigenvalue weighted by atomic mass is 16.5. The van der Waals surface area contributed by atoms with Crippen LogP contribution in [0.2, 0.25) is 0 Å². The quantitative estimate of drug-likeness (QED) is 0.447. The van der Waals surface area contributed by atoms with Crippen molar-refractivity contribution in [3.05, 3.63) is 77.9 Å². The molecule has 4 rings (SSSR count). The van der Waals surface area contributed by atoms with Crippen molar-refractivity contribution >= 4 is 22.9 Å². The molecule has 0 bridgehead atoms. The average Bonchev–Trinajstić information content (AvgIpc) is 3.25. The summed E-state index contributed by atoms with van der Waals surface area (Å²) in [6.45, 7) is 2.58. The summed E-state index contributed by atoms with van der Waals surface area (Å²) in [5.41, 5.74) is 10.9. The first-order valence-electron chi connectivity index (χ1n) is 9.78. The Bertz CT molecular complexity index is 1020. The van der Waals surface area contributed by atoms with E-state index < -0.39 is 0 Å². The number of hydrazine groups is 1. The lowest BCUT2D eigenvalue weighted by Gasteiger charge is -2.10. The largest absolute Gasteiger partial charge is 0.494 e. The Labute approximate surface area is 169 Å². The smallest absolute Gasteiger partial charge is 0.258 e. The normalized spacial score (nSPS) is 18.9. The fraction of sp³-hybridized carbons (Fsp3) is 0.217. The van der Waals surface area contributed by atoms with Gasteiger partial charge in [-0.05, 0) is 65.6 Å². The van der Waals surface area contributed by atoms with Crippen molar-refractivity contribution in [3.8, 4) is 5.75 Å². The molecule has 6 nitrogen and oxygen atoms in total. The van der Waals surface area contributed by atoms with Gasteiger partial charge in [0.2, 0.25) is 0 Å². The van der Waals surface area contributed by atoms with Crippen LogP contribution in [0.15, 0.2) is 71.8 Å². The van der Waals surface area contributed by atoms with Gasteiger partial charge in [-0.3, -0.25) is 4.79 Å². The number of nitrogens with zero attached hydrogens (tertiary/aromatic N) is 1. The zero-order valence-electron chi connectivity index (χ0n) is 16.3. The molecule has 1 amide bonds. The fourth-order valence-corrected chi connectivity index (χ4v) is 3.44. The number of carbonyl (C=O) groups excluding carboxylic acids is 1. The van der Waals surface area contributed by atoms with E-state index in [1.807, 2.05) is 43.3 Å². The van der Waals surface area contributed by atoms with Crippen LogP contribution in [-0.4, -0.2) is 24.8 Å². The second-order valence-electron chi connectivity index (χ2n) is 6.97. The lowest BCUT2D eigenvalue weighted by Crippen LogP contribution is -2.41. The van der Waals surface area contributed by atoms with Crippen molar-refractivity contribution in [2.24, 2.45) is 5.10 Å². The molecule has 6 heteroatoms. The zero-order valence-corrected chi connectivity index (χ0v) is 16.3. The third-order valence-corrected chi connectivity index (χ3v) is 4.98. The minimum atomic E-state index is -0.344. The minimum absolute atomic E-state index is 0.0745. The van der Waals surface area contributed by atoms with E-state index in [0.29, 0.717) is 13.0 Å². The molecule has 0 spiro atoms. The summed E-state index contributed by atoms with van der Waals surface area (Å²) in [4.78, 5) is 12.4. The van der Waals surface area contributed by atoms with Gasteiger partial charge in [0.25, 0.3) is 5.91 Å². The summed E-state index contributed by atoms with van der Waals surface area (Å²) in [5.74, 6) is 0.651.